The Morgan fingerprint density at radius 3 is 2.19 bits per heavy atom. The largest absolute Gasteiger partial charge is 0.493 e. The van der Waals surface area contributed by atoms with Gasteiger partial charge >= 0.3 is 0 Å². The van der Waals surface area contributed by atoms with Gasteiger partial charge < -0.3 is 4.74 Å². The minimum Gasteiger partial charge on any atom is -0.493 e. The highest BCUT2D eigenvalue weighted by molar-refractivity contribution is 6.36. The number of amides is 2. The van der Waals surface area contributed by atoms with Gasteiger partial charge in [0, 0.05) is 21.9 Å². The van der Waals surface area contributed by atoms with Crippen molar-refractivity contribution in [2.75, 3.05) is 11.5 Å². The molecule has 0 unspecified atom stereocenters. The maximum absolute atomic E-state index is 13.7. The summed E-state index contributed by atoms with van der Waals surface area (Å²) < 4.78 is 5.76. The van der Waals surface area contributed by atoms with Crippen LogP contribution in [0.15, 0.2) is 48.5 Å². The molecule has 0 aromatic heterocycles. The second-order valence-electron chi connectivity index (χ2n) is 9.38. The van der Waals surface area contributed by atoms with E-state index < -0.39 is 0 Å². The quantitative estimate of drug-likeness (QED) is 0.406. The molecular formula is C28H31NO3. The van der Waals surface area contributed by atoms with Gasteiger partial charge in [0.15, 0.2) is 0 Å². The van der Waals surface area contributed by atoms with Crippen molar-refractivity contribution >= 4 is 28.3 Å². The van der Waals surface area contributed by atoms with E-state index in [1.807, 2.05) is 37.3 Å². The van der Waals surface area contributed by atoms with Gasteiger partial charge in [0.25, 0.3) is 11.8 Å². The molecule has 0 N–H and O–H groups in total. The number of carbonyl (C=O) groups excluding carboxylic acids is 2. The fourth-order valence-electron chi connectivity index (χ4n) is 4.60. The van der Waals surface area contributed by atoms with Crippen LogP contribution in [0.1, 0.15) is 66.5 Å². The Balaban J connectivity index is 1.89. The Bertz CT molecular complexity index is 1170. The molecule has 1 aliphatic rings. The molecule has 166 valence electrons. The molecule has 4 rings (SSSR count). The van der Waals surface area contributed by atoms with Crippen molar-refractivity contribution < 1.29 is 14.3 Å². The van der Waals surface area contributed by atoms with Crippen LogP contribution in [-0.2, 0) is 12.8 Å². The van der Waals surface area contributed by atoms with Crippen molar-refractivity contribution in [2.45, 2.75) is 47.5 Å². The van der Waals surface area contributed by atoms with Crippen LogP contribution in [0.3, 0.4) is 0 Å². The first-order valence-corrected chi connectivity index (χ1v) is 11.5. The van der Waals surface area contributed by atoms with Crippen LogP contribution in [0, 0.1) is 11.8 Å². The first-order valence-electron chi connectivity index (χ1n) is 11.5. The van der Waals surface area contributed by atoms with E-state index in [-0.39, 0.29) is 11.8 Å². The van der Waals surface area contributed by atoms with Crippen LogP contribution >= 0.6 is 0 Å². The number of rotatable bonds is 7. The Morgan fingerprint density at radius 1 is 0.844 bits per heavy atom. The monoisotopic (exact) mass is 429 g/mol. The van der Waals surface area contributed by atoms with Gasteiger partial charge in [-0.25, -0.2) is 4.90 Å². The average molecular weight is 430 g/mol. The van der Waals surface area contributed by atoms with Gasteiger partial charge in [0.1, 0.15) is 5.75 Å². The van der Waals surface area contributed by atoms with Crippen molar-refractivity contribution in [3.63, 3.8) is 0 Å². The lowest BCUT2D eigenvalue weighted by Gasteiger charge is -2.30. The van der Waals surface area contributed by atoms with Crippen LogP contribution in [-0.4, -0.2) is 18.4 Å². The predicted octanol–water partition coefficient (Wildman–Crippen LogP) is 6.44. The number of benzene rings is 3. The van der Waals surface area contributed by atoms with E-state index in [0.29, 0.717) is 46.4 Å². The van der Waals surface area contributed by atoms with E-state index in [2.05, 4.69) is 39.8 Å². The van der Waals surface area contributed by atoms with E-state index in [1.54, 1.807) is 6.07 Å². The standard InChI is InChI=1S/C28H31NO3/c1-6-32-25-13-12-23-26-21(25)8-7-9-22(26)27(30)29(28(23)31)24-16-19(14-17(2)3)10-11-20(24)15-18(4)5/h7-13,16-18H,6,14-15H2,1-5H3. The minimum absolute atomic E-state index is 0.270. The third-order valence-electron chi connectivity index (χ3n) is 5.83. The number of nitrogens with zero attached hydrogens (tertiary/aromatic N) is 1. The number of hydrogen-bond donors (Lipinski definition) is 0. The van der Waals surface area contributed by atoms with Gasteiger partial charge in [-0.1, -0.05) is 52.0 Å². The summed E-state index contributed by atoms with van der Waals surface area (Å²) in [6, 6.07) is 15.5. The third-order valence-corrected chi connectivity index (χ3v) is 5.83. The van der Waals surface area contributed by atoms with Gasteiger partial charge in [-0.3, -0.25) is 9.59 Å². The van der Waals surface area contributed by atoms with Crippen molar-refractivity contribution in [1.82, 2.24) is 0 Å². The predicted molar refractivity (Wildman–Crippen MR) is 130 cm³/mol. The summed E-state index contributed by atoms with van der Waals surface area (Å²) >= 11 is 0. The molecule has 0 saturated heterocycles. The molecule has 3 aromatic carbocycles. The van der Waals surface area contributed by atoms with Gasteiger partial charge in [-0.15, -0.1) is 0 Å². The Hall–Kier alpha value is -3.14. The van der Waals surface area contributed by atoms with Gasteiger partial charge in [0.2, 0.25) is 0 Å². The summed E-state index contributed by atoms with van der Waals surface area (Å²) in [6.07, 6.45) is 1.70. The van der Waals surface area contributed by atoms with E-state index >= 15 is 0 Å². The van der Waals surface area contributed by atoms with Crippen molar-refractivity contribution in [3.05, 3.63) is 70.8 Å². The summed E-state index contributed by atoms with van der Waals surface area (Å²) in [5, 5.41) is 1.49. The topological polar surface area (TPSA) is 46.6 Å². The van der Waals surface area contributed by atoms with Crippen LogP contribution in [0.4, 0.5) is 5.69 Å². The summed E-state index contributed by atoms with van der Waals surface area (Å²) in [5.41, 5.74) is 3.96. The molecule has 1 aliphatic heterocycles. The molecule has 2 amide bonds. The molecular weight excluding hydrogens is 398 g/mol. The van der Waals surface area contributed by atoms with Crippen LogP contribution < -0.4 is 9.64 Å². The smallest absolute Gasteiger partial charge is 0.265 e. The lowest BCUT2D eigenvalue weighted by atomic mass is 9.91. The minimum atomic E-state index is -0.270. The lowest BCUT2D eigenvalue weighted by Crippen LogP contribution is -2.41. The lowest BCUT2D eigenvalue weighted by molar-refractivity contribution is 0.0893. The zero-order valence-corrected chi connectivity index (χ0v) is 19.6. The summed E-state index contributed by atoms with van der Waals surface area (Å²) in [6.45, 7) is 11.1. The number of anilines is 1. The Labute approximate surface area is 190 Å². The van der Waals surface area contributed by atoms with Gasteiger partial charge in [-0.05, 0) is 67.0 Å². The van der Waals surface area contributed by atoms with E-state index in [4.69, 9.17) is 4.74 Å². The number of ether oxygens (including phenoxy) is 1. The highest BCUT2D eigenvalue weighted by Gasteiger charge is 2.35. The number of carbonyl (C=O) groups is 2. The Morgan fingerprint density at radius 2 is 1.53 bits per heavy atom. The summed E-state index contributed by atoms with van der Waals surface area (Å²) in [5.74, 6) is 1.05. The van der Waals surface area contributed by atoms with E-state index in [1.165, 1.54) is 4.90 Å². The maximum Gasteiger partial charge on any atom is 0.265 e. The normalized spacial score (nSPS) is 13.5. The van der Waals surface area contributed by atoms with Crippen molar-refractivity contribution in [3.8, 4) is 5.75 Å². The van der Waals surface area contributed by atoms with Crippen LogP contribution in [0.5, 0.6) is 5.75 Å². The van der Waals surface area contributed by atoms with Crippen molar-refractivity contribution in [1.29, 1.82) is 0 Å². The fraction of sp³-hybridized carbons (Fsp3) is 0.357. The third kappa shape index (κ3) is 3.90. The molecule has 0 bridgehead atoms. The maximum atomic E-state index is 13.7. The first-order chi connectivity index (χ1) is 15.3. The molecule has 4 nitrogen and oxygen atoms in total. The second-order valence-corrected chi connectivity index (χ2v) is 9.38. The molecule has 0 saturated carbocycles. The van der Waals surface area contributed by atoms with Crippen LogP contribution in [0.25, 0.3) is 10.8 Å². The van der Waals surface area contributed by atoms with Crippen molar-refractivity contribution in [2.24, 2.45) is 11.8 Å². The SMILES string of the molecule is CCOc1ccc2c3c(cccc13)C(=O)N(c1cc(CC(C)C)ccc1CC(C)C)C2=O. The van der Waals surface area contributed by atoms with Gasteiger partial charge in [-0.2, -0.15) is 0 Å². The zero-order valence-electron chi connectivity index (χ0n) is 19.6. The van der Waals surface area contributed by atoms with E-state index in [9.17, 15) is 9.59 Å². The molecule has 3 aromatic rings. The molecule has 0 aliphatic carbocycles. The first kappa shape index (κ1) is 22.1. The highest BCUT2D eigenvalue weighted by Crippen LogP contribution is 2.38. The highest BCUT2D eigenvalue weighted by atomic mass is 16.5. The van der Waals surface area contributed by atoms with E-state index in [0.717, 1.165) is 29.4 Å². The zero-order chi connectivity index (χ0) is 23.0. The molecule has 0 atom stereocenters. The molecule has 0 spiro atoms. The molecule has 1 heterocycles. The molecule has 0 fully saturated rings. The summed E-state index contributed by atoms with van der Waals surface area (Å²) in [4.78, 5) is 28.8. The van der Waals surface area contributed by atoms with Gasteiger partial charge in [0.05, 0.1) is 12.3 Å². The number of imide groups is 1. The molecule has 0 radical (unpaired) electrons. The van der Waals surface area contributed by atoms with Crippen LogP contribution in [0.2, 0.25) is 0 Å². The summed E-state index contributed by atoms with van der Waals surface area (Å²) in [7, 11) is 0. The fourth-order valence-corrected chi connectivity index (χ4v) is 4.60. The average Bonchev–Trinajstić information content (AvgIpc) is 2.74. The molecule has 4 heteroatoms. The number of hydrogen-bond acceptors (Lipinski definition) is 3. The Kier molecular flexibility index (Phi) is 6.05. The molecule has 32 heavy (non-hydrogen) atoms. The second kappa shape index (κ2) is 8.78.